The Morgan fingerprint density at radius 1 is 1.10 bits per heavy atom. The molecule has 30 heavy (non-hydrogen) atoms. The van der Waals surface area contributed by atoms with E-state index in [-0.39, 0.29) is 13.2 Å². The highest BCUT2D eigenvalue weighted by atomic mass is 16.5. The van der Waals surface area contributed by atoms with Crippen molar-refractivity contribution in [3.05, 3.63) is 42.0 Å². The van der Waals surface area contributed by atoms with E-state index < -0.39 is 42.9 Å². The molecule has 0 bridgehead atoms. The van der Waals surface area contributed by atoms with Crippen molar-refractivity contribution in [2.24, 2.45) is 0 Å². The van der Waals surface area contributed by atoms with Gasteiger partial charge >= 0.3 is 18.0 Å². The second-order valence-electron chi connectivity index (χ2n) is 6.80. The lowest BCUT2D eigenvalue weighted by atomic mass is 10.1. The van der Waals surface area contributed by atoms with Gasteiger partial charge in [-0.25, -0.2) is 4.79 Å². The first-order chi connectivity index (χ1) is 14.3. The third kappa shape index (κ3) is 4.35. The quantitative estimate of drug-likeness (QED) is 0.519. The van der Waals surface area contributed by atoms with E-state index in [1.807, 2.05) is 30.3 Å². The second kappa shape index (κ2) is 8.81. The van der Waals surface area contributed by atoms with Crippen molar-refractivity contribution in [1.29, 1.82) is 0 Å². The maximum absolute atomic E-state index is 12.8. The van der Waals surface area contributed by atoms with Crippen molar-refractivity contribution in [3.8, 4) is 5.75 Å². The number of rotatable bonds is 8. The van der Waals surface area contributed by atoms with Gasteiger partial charge < -0.3 is 19.5 Å². The molecule has 0 aromatic heterocycles. The number of methoxy groups -OCH3 is 1. The van der Waals surface area contributed by atoms with Gasteiger partial charge in [0, 0.05) is 6.54 Å². The average molecular weight is 414 g/mol. The van der Waals surface area contributed by atoms with E-state index >= 15 is 0 Å². The molecule has 0 spiro atoms. The van der Waals surface area contributed by atoms with E-state index in [0.717, 1.165) is 21.2 Å². The predicted molar refractivity (Wildman–Crippen MR) is 106 cm³/mol. The Bertz CT molecular complexity index is 1000. The molecular weight excluding hydrogens is 392 g/mol. The summed E-state index contributed by atoms with van der Waals surface area (Å²) in [4.78, 5) is 50.4. The van der Waals surface area contributed by atoms with Gasteiger partial charge in [-0.1, -0.05) is 18.2 Å². The number of carboxylic acids is 1. The average Bonchev–Trinajstić information content (AvgIpc) is 2.92. The highest BCUT2D eigenvalue weighted by Crippen LogP contribution is 2.26. The standard InChI is InChI=1S/C21H22N2O7/c1-3-30-19(26)12-23-20(27)17(10-18(24)25)22(21(23)28)11-13-4-5-15-9-16(29-2)7-6-14(15)8-13/h4-9,17H,3,10-12H2,1-2H3,(H,24,25)/t17-/m0/s1. The number of carbonyl (C=O) groups excluding carboxylic acids is 3. The Balaban J connectivity index is 1.86. The van der Waals surface area contributed by atoms with E-state index in [9.17, 15) is 24.3 Å². The molecule has 158 valence electrons. The summed E-state index contributed by atoms with van der Waals surface area (Å²) in [6, 6.07) is 9.17. The van der Waals surface area contributed by atoms with Crippen LogP contribution in [0.4, 0.5) is 4.79 Å². The zero-order chi connectivity index (χ0) is 21.8. The molecule has 3 amide bonds. The first kappa shape index (κ1) is 21.1. The molecule has 1 heterocycles. The SMILES string of the molecule is CCOC(=O)CN1C(=O)[C@H](CC(=O)O)N(Cc2ccc3cc(OC)ccc3c2)C1=O. The van der Waals surface area contributed by atoms with Crippen molar-refractivity contribution in [2.75, 3.05) is 20.3 Å². The van der Waals surface area contributed by atoms with Crippen LogP contribution in [0.3, 0.4) is 0 Å². The molecule has 1 atom stereocenters. The lowest BCUT2D eigenvalue weighted by molar-refractivity contribution is -0.147. The molecule has 2 aromatic rings. The number of nitrogens with zero attached hydrogens (tertiary/aromatic N) is 2. The number of hydrogen-bond donors (Lipinski definition) is 1. The molecule has 2 aromatic carbocycles. The van der Waals surface area contributed by atoms with Crippen molar-refractivity contribution in [2.45, 2.75) is 25.9 Å². The van der Waals surface area contributed by atoms with Gasteiger partial charge in [0.25, 0.3) is 5.91 Å². The number of aliphatic carboxylic acids is 1. The van der Waals surface area contributed by atoms with E-state index in [2.05, 4.69) is 0 Å². The van der Waals surface area contributed by atoms with Gasteiger partial charge in [-0.15, -0.1) is 0 Å². The van der Waals surface area contributed by atoms with Crippen LogP contribution in [-0.4, -0.2) is 65.1 Å². The van der Waals surface area contributed by atoms with Crippen molar-refractivity contribution < 1.29 is 33.8 Å². The largest absolute Gasteiger partial charge is 0.497 e. The summed E-state index contributed by atoms with van der Waals surface area (Å²) in [5, 5.41) is 11.0. The Labute approximate surface area is 172 Å². The summed E-state index contributed by atoms with van der Waals surface area (Å²) >= 11 is 0. The van der Waals surface area contributed by atoms with E-state index in [4.69, 9.17) is 9.47 Å². The number of imide groups is 1. The summed E-state index contributed by atoms with van der Waals surface area (Å²) in [6.07, 6.45) is -0.547. The number of amides is 3. The van der Waals surface area contributed by atoms with E-state index in [1.165, 1.54) is 4.90 Å². The highest BCUT2D eigenvalue weighted by Gasteiger charge is 2.46. The van der Waals surface area contributed by atoms with Gasteiger partial charge in [-0.3, -0.25) is 19.3 Å². The van der Waals surface area contributed by atoms with Crippen LogP contribution in [0.25, 0.3) is 10.8 Å². The fourth-order valence-corrected chi connectivity index (χ4v) is 3.41. The first-order valence-electron chi connectivity index (χ1n) is 9.40. The minimum atomic E-state index is -1.21. The molecule has 9 heteroatoms. The Hall–Kier alpha value is -3.62. The van der Waals surface area contributed by atoms with E-state index in [1.54, 1.807) is 20.1 Å². The van der Waals surface area contributed by atoms with E-state index in [0.29, 0.717) is 5.75 Å². The van der Waals surface area contributed by atoms with Crippen LogP contribution >= 0.6 is 0 Å². The van der Waals surface area contributed by atoms with Gasteiger partial charge in [-0.2, -0.15) is 0 Å². The summed E-state index contributed by atoms with van der Waals surface area (Å²) < 4.78 is 10.0. The van der Waals surface area contributed by atoms with Crippen LogP contribution in [0.1, 0.15) is 18.9 Å². The van der Waals surface area contributed by atoms with Crippen LogP contribution < -0.4 is 4.74 Å². The molecule has 1 saturated heterocycles. The molecule has 1 aliphatic heterocycles. The molecular formula is C21H22N2O7. The van der Waals surface area contributed by atoms with Crippen molar-refractivity contribution in [3.63, 3.8) is 0 Å². The smallest absolute Gasteiger partial charge is 0.328 e. The summed E-state index contributed by atoms with van der Waals surface area (Å²) in [7, 11) is 1.58. The molecule has 3 rings (SSSR count). The maximum Gasteiger partial charge on any atom is 0.328 e. The highest BCUT2D eigenvalue weighted by molar-refractivity contribution is 6.07. The molecule has 0 radical (unpaired) electrons. The number of fused-ring (bicyclic) bond motifs is 1. The van der Waals surface area contributed by atoms with Crippen LogP contribution in [0, 0.1) is 0 Å². The molecule has 9 nitrogen and oxygen atoms in total. The molecule has 1 aliphatic rings. The monoisotopic (exact) mass is 414 g/mol. The molecule has 0 unspecified atom stereocenters. The third-order valence-electron chi connectivity index (χ3n) is 4.83. The zero-order valence-corrected chi connectivity index (χ0v) is 16.7. The maximum atomic E-state index is 12.8. The second-order valence-corrected chi connectivity index (χ2v) is 6.80. The molecule has 1 fully saturated rings. The minimum Gasteiger partial charge on any atom is -0.497 e. The van der Waals surface area contributed by atoms with Crippen LogP contribution in [0.5, 0.6) is 5.75 Å². The Morgan fingerprint density at radius 2 is 1.80 bits per heavy atom. The molecule has 1 N–H and O–H groups in total. The van der Waals surface area contributed by atoms with Crippen molar-refractivity contribution in [1.82, 2.24) is 9.80 Å². The predicted octanol–water partition coefficient (Wildman–Crippen LogP) is 2.02. The number of hydrogen-bond acceptors (Lipinski definition) is 6. The Morgan fingerprint density at radius 3 is 2.47 bits per heavy atom. The number of esters is 1. The number of benzene rings is 2. The molecule has 0 aliphatic carbocycles. The van der Waals surface area contributed by atoms with Crippen LogP contribution in [0.15, 0.2) is 36.4 Å². The summed E-state index contributed by atoms with van der Waals surface area (Å²) in [5.41, 5.74) is 0.724. The van der Waals surface area contributed by atoms with Gasteiger partial charge in [0.1, 0.15) is 18.3 Å². The number of urea groups is 1. The summed E-state index contributed by atoms with van der Waals surface area (Å²) in [6.45, 7) is 1.21. The topological polar surface area (TPSA) is 113 Å². The third-order valence-corrected chi connectivity index (χ3v) is 4.83. The van der Waals surface area contributed by atoms with Gasteiger partial charge in [0.2, 0.25) is 0 Å². The Kier molecular flexibility index (Phi) is 6.20. The number of carboxylic acid groups (broad SMARTS) is 1. The van der Waals surface area contributed by atoms with Gasteiger partial charge in [-0.05, 0) is 41.5 Å². The molecule has 0 saturated carbocycles. The lowest BCUT2D eigenvalue weighted by Crippen LogP contribution is -2.37. The number of carbonyl (C=O) groups is 4. The minimum absolute atomic E-state index is 0.0316. The normalized spacial score (nSPS) is 16.3. The fraction of sp³-hybridized carbons (Fsp3) is 0.333. The summed E-state index contributed by atoms with van der Waals surface area (Å²) in [5.74, 6) is -1.95. The van der Waals surface area contributed by atoms with Gasteiger partial charge in [0.15, 0.2) is 0 Å². The van der Waals surface area contributed by atoms with Crippen molar-refractivity contribution >= 4 is 34.6 Å². The lowest BCUT2D eigenvalue weighted by Gasteiger charge is -2.21. The fourth-order valence-electron chi connectivity index (χ4n) is 3.41. The zero-order valence-electron chi connectivity index (χ0n) is 16.7. The van der Waals surface area contributed by atoms with Gasteiger partial charge in [0.05, 0.1) is 20.1 Å². The van der Waals surface area contributed by atoms with Crippen LogP contribution in [0.2, 0.25) is 0 Å². The first-order valence-corrected chi connectivity index (χ1v) is 9.40. The van der Waals surface area contributed by atoms with Crippen LogP contribution in [-0.2, 0) is 25.7 Å². The number of ether oxygens (including phenoxy) is 2.